The van der Waals surface area contributed by atoms with Crippen LogP contribution >= 0.6 is 0 Å². The van der Waals surface area contributed by atoms with Gasteiger partial charge < -0.3 is 14.9 Å². The van der Waals surface area contributed by atoms with E-state index in [-0.39, 0.29) is 5.69 Å². The summed E-state index contributed by atoms with van der Waals surface area (Å²) in [7, 11) is 0. The van der Waals surface area contributed by atoms with Gasteiger partial charge in [-0.15, -0.1) is 0 Å². The van der Waals surface area contributed by atoms with Gasteiger partial charge in [0.25, 0.3) is 0 Å². The molecule has 0 saturated carbocycles. The molecule has 0 fully saturated rings. The van der Waals surface area contributed by atoms with Crippen LogP contribution in [0, 0.1) is 6.92 Å². The van der Waals surface area contributed by atoms with Gasteiger partial charge in [-0.1, -0.05) is 5.16 Å². The molecule has 18 heavy (non-hydrogen) atoms. The first-order valence-electron chi connectivity index (χ1n) is 5.46. The fourth-order valence-corrected chi connectivity index (χ4v) is 1.52. The van der Waals surface area contributed by atoms with Crippen LogP contribution in [0.3, 0.4) is 0 Å². The standard InChI is InChI=1S/C12H13N3O3/c1-8-5-13-3-2-9(8)6-14-7-10-4-11(12(16)17)15-18-10/h2-5,14H,6-7H2,1H3,(H,16,17). The number of rotatable bonds is 5. The number of hydrogen-bond acceptors (Lipinski definition) is 5. The quantitative estimate of drug-likeness (QED) is 0.829. The van der Waals surface area contributed by atoms with Crippen LogP contribution in [0.15, 0.2) is 29.0 Å². The van der Waals surface area contributed by atoms with Crippen molar-refractivity contribution in [1.82, 2.24) is 15.5 Å². The summed E-state index contributed by atoms with van der Waals surface area (Å²) in [4.78, 5) is 14.6. The maximum atomic E-state index is 10.6. The van der Waals surface area contributed by atoms with Gasteiger partial charge in [0.2, 0.25) is 0 Å². The van der Waals surface area contributed by atoms with E-state index in [9.17, 15) is 4.79 Å². The topological polar surface area (TPSA) is 88.2 Å². The third kappa shape index (κ3) is 2.92. The molecule has 0 aliphatic carbocycles. The molecule has 0 aliphatic heterocycles. The minimum Gasteiger partial charge on any atom is -0.476 e. The molecular weight excluding hydrogens is 234 g/mol. The first kappa shape index (κ1) is 12.3. The molecule has 2 rings (SSSR count). The molecule has 0 aliphatic rings. The molecule has 0 amide bonds. The van der Waals surface area contributed by atoms with E-state index in [4.69, 9.17) is 9.63 Å². The number of nitrogens with one attached hydrogen (secondary N) is 1. The third-order valence-corrected chi connectivity index (χ3v) is 2.53. The summed E-state index contributed by atoms with van der Waals surface area (Å²) in [5.74, 6) is -0.589. The predicted octanol–water partition coefficient (Wildman–Crippen LogP) is 1.37. The molecule has 6 nitrogen and oxygen atoms in total. The number of aromatic nitrogens is 2. The van der Waals surface area contributed by atoms with E-state index in [0.29, 0.717) is 18.8 Å². The Bertz CT molecular complexity index is 551. The molecule has 0 spiro atoms. The fraction of sp³-hybridized carbons (Fsp3) is 0.250. The molecule has 0 bridgehead atoms. The maximum absolute atomic E-state index is 10.6. The van der Waals surface area contributed by atoms with Crippen LogP contribution in [0.2, 0.25) is 0 Å². The lowest BCUT2D eigenvalue weighted by Gasteiger charge is -2.05. The fourth-order valence-electron chi connectivity index (χ4n) is 1.52. The summed E-state index contributed by atoms with van der Waals surface area (Å²) >= 11 is 0. The Hall–Kier alpha value is -2.21. The summed E-state index contributed by atoms with van der Waals surface area (Å²) in [6.45, 7) is 3.08. The van der Waals surface area contributed by atoms with E-state index < -0.39 is 5.97 Å². The number of aryl methyl sites for hydroxylation is 1. The molecule has 2 aromatic heterocycles. The van der Waals surface area contributed by atoms with Crippen LogP contribution in [0.4, 0.5) is 0 Å². The smallest absolute Gasteiger partial charge is 0.358 e. The highest BCUT2D eigenvalue weighted by molar-refractivity contribution is 5.85. The van der Waals surface area contributed by atoms with Gasteiger partial charge in [-0.3, -0.25) is 4.98 Å². The highest BCUT2D eigenvalue weighted by atomic mass is 16.5. The summed E-state index contributed by atoms with van der Waals surface area (Å²) in [6, 6.07) is 3.35. The molecule has 0 saturated heterocycles. The molecule has 6 heteroatoms. The molecule has 0 radical (unpaired) electrons. The number of carboxylic acids is 1. The van der Waals surface area contributed by atoms with Crippen LogP contribution in [-0.4, -0.2) is 21.2 Å². The van der Waals surface area contributed by atoms with E-state index in [2.05, 4.69) is 15.5 Å². The molecule has 94 valence electrons. The summed E-state index contributed by atoms with van der Waals surface area (Å²) in [5.41, 5.74) is 2.17. The van der Waals surface area contributed by atoms with Crippen LogP contribution in [-0.2, 0) is 13.1 Å². The van der Waals surface area contributed by atoms with E-state index in [1.165, 1.54) is 6.07 Å². The Morgan fingerprint density at radius 1 is 1.50 bits per heavy atom. The van der Waals surface area contributed by atoms with E-state index in [0.717, 1.165) is 11.1 Å². The lowest BCUT2D eigenvalue weighted by molar-refractivity contribution is 0.0685. The summed E-state index contributed by atoms with van der Waals surface area (Å²) in [6.07, 6.45) is 3.54. The van der Waals surface area contributed by atoms with Crippen molar-refractivity contribution in [2.24, 2.45) is 0 Å². The van der Waals surface area contributed by atoms with Crippen molar-refractivity contribution < 1.29 is 14.4 Å². The number of nitrogens with zero attached hydrogens (tertiary/aromatic N) is 2. The van der Waals surface area contributed by atoms with Gasteiger partial charge in [-0.25, -0.2) is 4.79 Å². The molecule has 2 N–H and O–H groups in total. The number of pyridine rings is 1. The average Bonchev–Trinajstić information content (AvgIpc) is 2.80. The third-order valence-electron chi connectivity index (χ3n) is 2.53. The van der Waals surface area contributed by atoms with E-state index in [1.807, 2.05) is 13.0 Å². The van der Waals surface area contributed by atoms with Crippen molar-refractivity contribution in [2.45, 2.75) is 20.0 Å². The van der Waals surface area contributed by atoms with Crippen LogP contribution in [0.25, 0.3) is 0 Å². The van der Waals surface area contributed by atoms with Crippen molar-refractivity contribution in [3.05, 3.63) is 47.1 Å². The number of carboxylic acid groups (broad SMARTS) is 1. The Kier molecular flexibility index (Phi) is 3.69. The van der Waals surface area contributed by atoms with Gasteiger partial charge in [-0.05, 0) is 24.1 Å². The molecule has 2 aromatic rings. The number of hydrogen-bond donors (Lipinski definition) is 2. The normalized spacial score (nSPS) is 10.5. The summed E-state index contributed by atoms with van der Waals surface area (Å²) in [5, 5.41) is 15.3. The molecular formula is C12H13N3O3. The van der Waals surface area contributed by atoms with Crippen molar-refractivity contribution in [1.29, 1.82) is 0 Å². The minimum atomic E-state index is -1.09. The van der Waals surface area contributed by atoms with Gasteiger partial charge in [0, 0.05) is 25.0 Å². The molecule has 0 aromatic carbocycles. The van der Waals surface area contributed by atoms with Gasteiger partial charge >= 0.3 is 5.97 Å². The zero-order valence-corrected chi connectivity index (χ0v) is 9.88. The highest BCUT2D eigenvalue weighted by Gasteiger charge is 2.10. The Labute approximate surface area is 104 Å². The monoisotopic (exact) mass is 247 g/mol. The second kappa shape index (κ2) is 5.42. The van der Waals surface area contributed by atoms with Gasteiger partial charge in [0.15, 0.2) is 11.5 Å². The van der Waals surface area contributed by atoms with Gasteiger partial charge in [-0.2, -0.15) is 0 Å². The lowest BCUT2D eigenvalue weighted by Crippen LogP contribution is -2.13. The van der Waals surface area contributed by atoms with Crippen LogP contribution < -0.4 is 5.32 Å². The van der Waals surface area contributed by atoms with Crippen LogP contribution in [0.1, 0.15) is 27.4 Å². The Balaban J connectivity index is 1.88. The van der Waals surface area contributed by atoms with Gasteiger partial charge in [0.1, 0.15) is 0 Å². The molecule has 0 atom stereocenters. The lowest BCUT2D eigenvalue weighted by atomic mass is 10.1. The van der Waals surface area contributed by atoms with Crippen LogP contribution in [0.5, 0.6) is 0 Å². The SMILES string of the molecule is Cc1cnccc1CNCc1cc(C(=O)O)no1. The average molecular weight is 247 g/mol. The van der Waals surface area contributed by atoms with Gasteiger partial charge in [0.05, 0.1) is 6.54 Å². The van der Waals surface area contributed by atoms with E-state index >= 15 is 0 Å². The first-order chi connectivity index (χ1) is 8.66. The van der Waals surface area contributed by atoms with Crippen molar-refractivity contribution in [2.75, 3.05) is 0 Å². The minimum absolute atomic E-state index is 0.0770. The Morgan fingerprint density at radius 2 is 2.33 bits per heavy atom. The molecule has 2 heterocycles. The second-order valence-electron chi connectivity index (χ2n) is 3.89. The predicted molar refractivity (Wildman–Crippen MR) is 63.0 cm³/mol. The first-order valence-corrected chi connectivity index (χ1v) is 5.46. The summed E-state index contributed by atoms with van der Waals surface area (Å²) < 4.78 is 4.89. The van der Waals surface area contributed by atoms with Crippen molar-refractivity contribution in [3.63, 3.8) is 0 Å². The van der Waals surface area contributed by atoms with E-state index in [1.54, 1.807) is 12.4 Å². The molecule has 0 unspecified atom stereocenters. The zero-order chi connectivity index (χ0) is 13.0. The Morgan fingerprint density at radius 3 is 3.00 bits per heavy atom. The zero-order valence-electron chi connectivity index (χ0n) is 9.88. The number of aromatic carboxylic acids is 1. The maximum Gasteiger partial charge on any atom is 0.358 e. The largest absolute Gasteiger partial charge is 0.476 e. The van der Waals surface area contributed by atoms with Crippen molar-refractivity contribution in [3.8, 4) is 0 Å². The highest BCUT2D eigenvalue weighted by Crippen LogP contribution is 2.06. The van der Waals surface area contributed by atoms with Crippen molar-refractivity contribution >= 4 is 5.97 Å². The number of carbonyl (C=O) groups is 1. The second-order valence-corrected chi connectivity index (χ2v) is 3.89.